The first-order chi connectivity index (χ1) is 11.5. The molecular weight excluding hydrogens is 312 g/mol. The van der Waals surface area contributed by atoms with Crippen LogP contribution in [0.4, 0.5) is 11.4 Å². The number of nitro benzene ring substituents is 1. The molecule has 0 saturated carbocycles. The lowest BCUT2D eigenvalue weighted by atomic mass is 10.1. The number of hydrogen-bond acceptors (Lipinski definition) is 5. The molecule has 1 aliphatic heterocycles. The van der Waals surface area contributed by atoms with Gasteiger partial charge < -0.3 is 9.64 Å². The van der Waals surface area contributed by atoms with Crippen LogP contribution in [-0.4, -0.2) is 30.5 Å². The van der Waals surface area contributed by atoms with Gasteiger partial charge in [0.25, 0.3) is 11.6 Å². The lowest BCUT2D eigenvalue weighted by molar-refractivity contribution is -0.385. The Morgan fingerprint density at radius 2 is 1.96 bits per heavy atom. The second-order valence-electron chi connectivity index (χ2n) is 5.32. The molecule has 0 bridgehead atoms. The van der Waals surface area contributed by atoms with Gasteiger partial charge in [0.1, 0.15) is 5.56 Å². The molecule has 1 aliphatic rings. The van der Waals surface area contributed by atoms with Crippen LogP contribution in [0, 0.1) is 10.1 Å². The molecule has 0 N–H and O–H groups in total. The highest BCUT2D eigenvalue weighted by atomic mass is 16.6. The van der Waals surface area contributed by atoms with Crippen molar-refractivity contribution in [3.63, 3.8) is 0 Å². The molecule has 0 fully saturated rings. The molecule has 0 saturated heterocycles. The van der Waals surface area contributed by atoms with E-state index < -0.39 is 16.8 Å². The molecule has 2 aromatic carbocycles. The van der Waals surface area contributed by atoms with Crippen molar-refractivity contribution in [3.05, 3.63) is 69.3 Å². The number of hydrogen-bond donors (Lipinski definition) is 0. The first kappa shape index (κ1) is 15.7. The molecule has 122 valence electrons. The number of methoxy groups -OCH3 is 1. The highest BCUT2D eigenvalue weighted by molar-refractivity contribution is 6.10. The van der Waals surface area contributed by atoms with Crippen LogP contribution in [0.15, 0.2) is 42.5 Å². The second-order valence-corrected chi connectivity index (χ2v) is 5.32. The van der Waals surface area contributed by atoms with Crippen molar-refractivity contribution in [2.24, 2.45) is 0 Å². The molecule has 0 radical (unpaired) electrons. The van der Waals surface area contributed by atoms with Gasteiger partial charge in [0.2, 0.25) is 0 Å². The average Bonchev–Trinajstić information content (AvgIpc) is 3.03. The van der Waals surface area contributed by atoms with Gasteiger partial charge >= 0.3 is 5.97 Å². The minimum absolute atomic E-state index is 0.0485. The summed E-state index contributed by atoms with van der Waals surface area (Å²) in [7, 11) is 1.31. The number of fused-ring (bicyclic) bond motifs is 1. The summed E-state index contributed by atoms with van der Waals surface area (Å²) in [4.78, 5) is 36.4. The summed E-state index contributed by atoms with van der Waals surface area (Å²) >= 11 is 0. The Morgan fingerprint density at radius 3 is 2.67 bits per heavy atom. The van der Waals surface area contributed by atoms with Crippen LogP contribution in [0.5, 0.6) is 0 Å². The number of carbonyl (C=O) groups excluding carboxylic acids is 2. The number of anilines is 1. The van der Waals surface area contributed by atoms with Crippen molar-refractivity contribution in [2.75, 3.05) is 18.6 Å². The smallest absolute Gasteiger partial charge is 0.337 e. The highest BCUT2D eigenvalue weighted by Crippen LogP contribution is 2.32. The fraction of sp³-hybridized carbons (Fsp3) is 0.176. The van der Waals surface area contributed by atoms with Gasteiger partial charge in [0.05, 0.1) is 17.6 Å². The Kier molecular flexibility index (Phi) is 3.99. The van der Waals surface area contributed by atoms with E-state index in [1.54, 1.807) is 24.3 Å². The Bertz CT molecular complexity index is 847. The largest absolute Gasteiger partial charge is 0.465 e. The van der Waals surface area contributed by atoms with Crippen molar-refractivity contribution in [1.82, 2.24) is 0 Å². The zero-order valence-electron chi connectivity index (χ0n) is 12.9. The zero-order chi connectivity index (χ0) is 17.3. The van der Waals surface area contributed by atoms with Crippen LogP contribution in [0.3, 0.4) is 0 Å². The molecule has 0 atom stereocenters. The zero-order valence-corrected chi connectivity index (χ0v) is 12.9. The summed E-state index contributed by atoms with van der Waals surface area (Å²) in [5.74, 6) is -0.867. The average molecular weight is 326 g/mol. The quantitative estimate of drug-likeness (QED) is 0.491. The predicted octanol–water partition coefficient (Wildman–Crippen LogP) is 2.58. The van der Waals surface area contributed by atoms with E-state index in [2.05, 4.69) is 4.74 Å². The van der Waals surface area contributed by atoms with Gasteiger partial charge in [-0.1, -0.05) is 12.1 Å². The Morgan fingerprint density at radius 1 is 1.21 bits per heavy atom. The number of ether oxygens (including phenoxy) is 1. The summed E-state index contributed by atoms with van der Waals surface area (Å²) in [6.07, 6.45) is 0.576. The number of nitrogens with zero attached hydrogens (tertiary/aromatic N) is 2. The number of amides is 1. The summed E-state index contributed by atoms with van der Waals surface area (Å²) in [6, 6.07) is 10.8. The van der Waals surface area contributed by atoms with E-state index >= 15 is 0 Å². The van der Waals surface area contributed by atoms with Crippen LogP contribution in [0.25, 0.3) is 0 Å². The van der Waals surface area contributed by atoms with E-state index in [1.165, 1.54) is 30.2 Å². The van der Waals surface area contributed by atoms with Gasteiger partial charge in [-0.15, -0.1) is 0 Å². The fourth-order valence-electron chi connectivity index (χ4n) is 2.82. The van der Waals surface area contributed by atoms with Gasteiger partial charge in [-0.3, -0.25) is 14.9 Å². The van der Waals surface area contributed by atoms with Crippen molar-refractivity contribution >= 4 is 23.3 Å². The van der Waals surface area contributed by atoms with Crippen molar-refractivity contribution < 1.29 is 19.2 Å². The van der Waals surface area contributed by atoms with Crippen LogP contribution in [-0.2, 0) is 11.2 Å². The maximum Gasteiger partial charge on any atom is 0.337 e. The first-order valence-corrected chi connectivity index (χ1v) is 7.29. The van der Waals surface area contributed by atoms with E-state index in [1.807, 2.05) is 0 Å². The SMILES string of the molecule is COC(=O)c1ccc2c(c1)CCN2C(=O)c1ccccc1[N+](=O)[O-]. The topological polar surface area (TPSA) is 89.8 Å². The van der Waals surface area contributed by atoms with Crippen molar-refractivity contribution in [1.29, 1.82) is 0 Å². The molecular formula is C17H14N2O5. The van der Waals surface area contributed by atoms with Crippen LogP contribution >= 0.6 is 0 Å². The number of carbonyl (C=O) groups is 2. The maximum atomic E-state index is 12.7. The Hall–Kier alpha value is -3.22. The fourth-order valence-corrected chi connectivity index (χ4v) is 2.82. The molecule has 2 aromatic rings. The number of nitro groups is 1. The number of esters is 1. The summed E-state index contributed by atoms with van der Waals surface area (Å²) in [5.41, 5.74) is 1.74. The first-order valence-electron chi connectivity index (χ1n) is 7.29. The molecule has 0 aromatic heterocycles. The molecule has 7 heteroatoms. The second kappa shape index (κ2) is 6.11. The third-order valence-corrected chi connectivity index (χ3v) is 3.97. The molecule has 1 heterocycles. The minimum atomic E-state index is -0.565. The normalized spacial score (nSPS) is 12.6. The van der Waals surface area contributed by atoms with Crippen LogP contribution in [0.1, 0.15) is 26.3 Å². The number of rotatable bonds is 3. The maximum absolute atomic E-state index is 12.7. The molecule has 0 spiro atoms. The molecule has 7 nitrogen and oxygen atoms in total. The van der Waals surface area contributed by atoms with E-state index in [-0.39, 0.29) is 11.3 Å². The Balaban J connectivity index is 1.96. The molecule has 24 heavy (non-hydrogen) atoms. The van der Waals surface area contributed by atoms with Gasteiger partial charge in [-0.2, -0.15) is 0 Å². The third-order valence-electron chi connectivity index (χ3n) is 3.97. The lowest BCUT2D eigenvalue weighted by Gasteiger charge is -2.17. The molecule has 0 aliphatic carbocycles. The standard InChI is InChI=1S/C17H14N2O5/c1-24-17(21)12-6-7-14-11(10-12)8-9-18(14)16(20)13-4-2-3-5-15(13)19(22)23/h2-7,10H,8-9H2,1H3. The van der Waals surface area contributed by atoms with Gasteiger partial charge in [0.15, 0.2) is 0 Å². The van der Waals surface area contributed by atoms with Crippen LogP contribution in [0.2, 0.25) is 0 Å². The van der Waals surface area contributed by atoms with E-state index in [4.69, 9.17) is 0 Å². The Labute approximate surface area is 137 Å². The molecule has 0 unspecified atom stereocenters. The van der Waals surface area contributed by atoms with Crippen molar-refractivity contribution in [3.8, 4) is 0 Å². The monoisotopic (exact) mass is 326 g/mol. The summed E-state index contributed by atoms with van der Waals surface area (Å²) in [5, 5.41) is 11.1. The van der Waals surface area contributed by atoms with Gasteiger partial charge in [0, 0.05) is 18.3 Å². The van der Waals surface area contributed by atoms with E-state index in [9.17, 15) is 19.7 Å². The highest BCUT2D eigenvalue weighted by Gasteiger charge is 2.30. The van der Waals surface area contributed by atoms with Gasteiger partial charge in [-0.05, 0) is 36.2 Å². The third kappa shape index (κ3) is 2.60. The summed E-state index contributed by atoms with van der Waals surface area (Å²) < 4.78 is 4.69. The minimum Gasteiger partial charge on any atom is -0.465 e. The number of para-hydroxylation sites is 1. The summed E-state index contributed by atoms with van der Waals surface area (Å²) in [6.45, 7) is 0.408. The van der Waals surface area contributed by atoms with Crippen LogP contribution < -0.4 is 4.90 Å². The van der Waals surface area contributed by atoms with Gasteiger partial charge in [-0.25, -0.2) is 4.79 Å². The van der Waals surface area contributed by atoms with E-state index in [0.717, 1.165) is 5.56 Å². The molecule has 1 amide bonds. The lowest BCUT2D eigenvalue weighted by Crippen LogP contribution is -2.29. The molecule has 3 rings (SSSR count). The number of benzene rings is 2. The predicted molar refractivity (Wildman–Crippen MR) is 86.3 cm³/mol. The van der Waals surface area contributed by atoms with E-state index in [0.29, 0.717) is 24.2 Å². The van der Waals surface area contributed by atoms with Crippen molar-refractivity contribution in [2.45, 2.75) is 6.42 Å².